The van der Waals surface area contributed by atoms with Gasteiger partial charge in [0.05, 0.1) is 25.9 Å². The van der Waals surface area contributed by atoms with E-state index in [4.69, 9.17) is 14.2 Å². The Balaban J connectivity index is 1.28. The SMILES string of the molecule is COCCCN1CCCc2ccc(CO[C@H]3CNCC[C@@H]3c3ccc(OCCCOCC(F)(F)F)cc3)cc21. The summed E-state index contributed by atoms with van der Waals surface area (Å²) >= 11 is 0. The fourth-order valence-electron chi connectivity index (χ4n) is 5.36. The van der Waals surface area contributed by atoms with E-state index in [9.17, 15) is 13.2 Å². The van der Waals surface area contributed by atoms with Gasteiger partial charge in [0, 0.05) is 51.4 Å². The molecule has 0 amide bonds. The van der Waals surface area contributed by atoms with Crippen molar-refractivity contribution < 1.29 is 32.1 Å². The number of hydrogen-bond acceptors (Lipinski definition) is 6. The highest BCUT2D eigenvalue weighted by atomic mass is 19.4. The second-order valence-electron chi connectivity index (χ2n) is 10.3. The Bertz CT molecular complexity index is 1000. The van der Waals surface area contributed by atoms with Crippen molar-refractivity contribution in [3.8, 4) is 5.75 Å². The van der Waals surface area contributed by atoms with Crippen LogP contribution in [0.3, 0.4) is 0 Å². The smallest absolute Gasteiger partial charge is 0.411 e. The van der Waals surface area contributed by atoms with E-state index >= 15 is 0 Å². The van der Waals surface area contributed by atoms with Crippen LogP contribution in [0.2, 0.25) is 0 Å². The number of ether oxygens (including phenoxy) is 4. The molecule has 4 rings (SSSR count). The maximum absolute atomic E-state index is 12.1. The normalized spacial score (nSPS) is 19.6. The number of benzene rings is 2. The minimum Gasteiger partial charge on any atom is -0.494 e. The number of piperidine rings is 1. The summed E-state index contributed by atoms with van der Waals surface area (Å²) in [6, 6.07) is 14.7. The number of anilines is 1. The summed E-state index contributed by atoms with van der Waals surface area (Å²) in [7, 11) is 1.75. The van der Waals surface area contributed by atoms with Gasteiger partial charge in [0.1, 0.15) is 12.4 Å². The Morgan fingerprint density at radius 1 is 1.03 bits per heavy atom. The third-order valence-corrected chi connectivity index (χ3v) is 7.31. The molecule has 2 aromatic rings. The number of halogens is 3. The number of hydrogen-bond donors (Lipinski definition) is 1. The predicted molar refractivity (Wildman–Crippen MR) is 146 cm³/mol. The van der Waals surface area contributed by atoms with Gasteiger partial charge in [-0.3, -0.25) is 0 Å². The van der Waals surface area contributed by atoms with Crippen LogP contribution in [-0.4, -0.2) is 72.0 Å². The number of rotatable bonds is 14. The van der Waals surface area contributed by atoms with Crippen LogP contribution < -0.4 is 15.0 Å². The topological polar surface area (TPSA) is 52.2 Å². The fourth-order valence-corrected chi connectivity index (χ4v) is 5.36. The van der Waals surface area contributed by atoms with E-state index in [1.165, 1.54) is 28.8 Å². The lowest BCUT2D eigenvalue weighted by atomic mass is 9.87. The van der Waals surface area contributed by atoms with Gasteiger partial charge in [-0.2, -0.15) is 13.2 Å². The molecule has 0 radical (unpaired) electrons. The van der Waals surface area contributed by atoms with Crippen LogP contribution in [0.1, 0.15) is 48.3 Å². The lowest BCUT2D eigenvalue weighted by Crippen LogP contribution is -2.41. The first-order valence-electron chi connectivity index (χ1n) is 14.0. The molecule has 39 heavy (non-hydrogen) atoms. The Hall–Kier alpha value is -2.33. The maximum atomic E-state index is 12.1. The van der Waals surface area contributed by atoms with Crippen LogP contribution in [0.5, 0.6) is 5.75 Å². The van der Waals surface area contributed by atoms with Crippen molar-refractivity contribution in [3.63, 3.8) is 0 Å². The second-order valence-corrected chi connectivity index (χ2v) is 10.3. The highest BCUT2D eigenvalue weighted by Crippen LogP contribution is 2.32. The molecule has 216 valence electrons. The van der Waals surface area contributed by atoms with Gasteiger partial charge in [-0.15, -0.1) is 0 Å². The lowest BCUT2D eigenvalue weighted by Gasteiger charge is -2.33. The monoisotopic (exact) mass is 550 g/mol. The number of alkyl halides is 3. The molecular weight excluding hydrogens is 509 g/mol. The van der Waals surface area contributed by atoms with Crippen LogP contribution in [0.25, 0.3) is 0 Å². The highest BCUT2D eigenvalue weighted by Gasteiger charge is 2.28. The molecule has 2 atom stereocenters. The van der Waals surface area contributed by atoms with Gasteiger partial charge in [0.2, 0.25) is 0 Å². The van der Waals surface area contributed by atoms with Crippen molar-refractivity contribution in [1.29, 1.82) is 0 Å². The number of methoxy groups -OCH3 is 1. The quantitative estimate of drug-likeness (QED) is 0.314. The molecule has 2 aliphatic rings. The minimum absolute atomic E-state index is 0.0156. The van der Waals surface area contributed by atoms with Crippen LogP contribution in [0, 0.1) is 0 Å². The average molecular weight is 551 g/mol. The van der Waals surface area contributed by atoms with Gasteiger partial charge >= 0.3 is 6.18 Å². The van der Waals surface area contributed by atoms with Crippen molar-refractivity contribution in [2.45, 2.75) is 56.9 Å². The lowest BCUT2D eigenvalue weighted by molar-refractivity contribution is -0.174. The third-order valence-electron chi connectivity index (χ3n) is 7.31. The average Bonchev–Trinajstić information content (AvgIpc) is 2.94. The van der Waals surface area contributed by atoms with E-state index in [-0.39, 0.29) is 18.6 Å². The van der Waals surface area contributed by atoms with Gasteiger partial charge in [-0.25, -0.2) is 0 Å². The first kappa shape index (κ1) is 29.6. The summed E-state index contributed by atoms with van der Waals surface area (Å²) < 4.78 is 58.4. The zero-order valence-electron chi connectivity index (χ0n) is 22.8. The molecule has 1 fully saturated rings. The molecular formula is C30H41F3N2O4. The summed E-state index contributed by atoms with van der Waals surface area (Å²) in [5.74, 6) is 0.976. The van der Waals surface area contributed by atoms with E-state index in [0.29, 0.717) is 25.4 Å². The van der Waals surface area contributed by atoms with Crippen LogP contribution in [-0.2, 0) is 27.2 Å². The number of nitrogens with zero attached hydrogens (tertiary/aromatic N) is 1. The van der Waals surface area contributed by atoms with Crippen molar-refractivity contribution >= 4 is 5.69 Å². The van der Waals surface area contributed by atoms with Crippen molar-refractivity contribution in [3.05, 3.63) is 59.2 Å². The van der Waals surface area contributed by atoms with Gasteiger partial charge in [-0.1, -0.05) is 24.3 Å². The molecule has 0 aromatic heterocycles. The van der Waals surface area contributed by atoms with Crippen molar-refractivity contribution in [1.82, 2.24) is 5.32 Å². The summed E-state index contributed by atoms with van der Waals surface area (Å²) in [5, 5.41) is 3.47. The fraction of sp³-hybridized carbons (Fsp3) is 0.600. The van der Waals surface area contributed by atoms with Crippen molar-refractivity contribution in [2.75, 3.05) is 64.6 Å². The standard InChI is InChI=1S/C30H41F3N2O4/c1-36-16-3-15-35-14-2-5-25-7-6-23(19-28(25)35)21-39-29-20-34-13-12-27(29)24-8-10-26(11-9-24)38-18-4-17-37-22-30(31,32)33/h6-11,19,27,29,34H,2-5,12-18,20-22H2,1H3/t27-,29+/m1/s1. The Labute approximate surface area is 229 Å². The molecule has 6 nitrogen and oxygen atoms in total. The van der Waals surface area contributed by atoms with E-state index in [1.807, 2.05) is 12.1 Å². The zero-order valence-corrected chi connectivity index (χ0v) is 22.8. The summed E-state index contributed by atoms with van der Waals surface area (Å²) in [5.41, 5.74) is 5.15. The Morgan fingerprint density at radius 2 is 1.87 bits per heavy atom. The molecule has 9 heteroatoms. The molecule has 2 aromatic carbocycles. The summed E-state index contributed by atoms with van der Waals surface area (Å²) in [4.78, 5) is 2.48. The Kier molecular flexibility index (Phi) is 11.3. The first-order valence-corrected chi connectivity index (χ1v) is 14.0. The first-order chi connectivity index (χ1) is 18.9. The van der Waals surface area contributed by atoms with Gasteiger partial charge in [0.25, 0.3) is 0 Å². The largest absolute Gasteiger partial charge is 0.494 e. The van der Waals surface area contributed by atoms with Crippen LogP contribution in [0.4, 0.5) is 18.9 Å². The molecule has 0 aliphatic carbocycles. The molecule has 0 bridgehead atoms. The molecule has 0 unspecified atom stereocenters. The molecule has 0 saturated carbocycles. The molecule has 2 heterocycles. The minimum atomic E-state index is -4.29. The molecule has 0 spiro atoms. The van der Waals surface area contributed by atoms with Gasteiger partial charge < -0.3 is 29.2 Å². The summed E-state index contributed by atoms with van der Waals surface area (Å²) in [6.07, 6.45) is 0.479. The van der Waals surface area contributed by atoms with Crippen LogP contribution >= 0.6 is 0 Å². The van der Waals surface area contributed by atoms with Crippen molar-refractivity contribution in [2.24, 2.45) is 0 Å². The third kappa shape index (κ3) is 9.38. The van der Waals surface area contributed by atoms with E-state index in [0.717, 1.165) is 52.0 Å². The van der Waals surface area contributed by atoms with Gasteiger partial charge in [-0.05, 0) is 67.1 Å². The molecule has 1 N–H and O–H groups in total. The highest BCUT2D eigenvalue weighted by molar-refractivity contribution is 5.57. The Morgan fingerprint density at radius 3 is 2.67 bits per heavy atom. The van der Waals surface area contributed by atoms with E-state index in [1.54, 1.807) is 7.11 Å². The van der Waals surface area contributed by atoms with Gasteiger partial charge in [0.15, 0.2) is 0 Å². The van der Waals surface area contributed by atoms with E-state index in [2.05, 4.69) is 45.3 Å². The van der Waals surface area contributed by atoms with E-state index < -0.39 is 12.8 Å². The number of aryl methyl sites for hydroxylation is 1. The molecule has 2 aliphatic heterocycles. The number of nitrogens with one attached hydrogen (secondary N) is 1. The van der Waals surface area contributed by atoms with Crippen LogP contribution in [0.15, 0.2) is 42.5 Å². The summed E-state index contributed by atoms with van der Waals surface area (Å²) in [6.45, 7) is 4.28. The number of fused-ring (bicyclic) bond motifs is 1. The molecule has 1 saturated heterocycles. The zero-order chi connectivity index (χ0) is 27.5. The maximum Gasteiger partial charge on any atom is 0.411 e. The second kappa shape index (κ2) is 14.9. The predicted octanol–water partition coefficient (Wildman–Crippen LogP) is 5.49.